The molecule has 2 aromatic rings. The highest BCUT2D eigenvalue weighted by Gasteiger charge is 2.06. The van der Waals surface area contributed by atoms with Gasteiger partial charge < -0.3 is 14.8 Å². The summed E-state index contributed by atoms with van der Waals surface area (Å²) in [5.41, 5.74) is 3.52. The van der Waals surface area contributed by atoms with E-state index >= 15 is 0 Å². The normalized spacial score (nSPS) is 10.6. The minimum absolute atomic E-state index is 0.593. The zero-order chi connectivity index (χ0) is 15.1. The van der Waals surface area contributed by atoms with Crippen molar-refractivity contribution in [2.75, 3.05) is 13.7 Å². The number of methoxy groups -OCH3 is 1. The zero-order valence-electron chi connectivity index (χ0n) is 13.0. The predicted molar refractivity (Wildman–Crippen MR) is 85.8 cm³/mol. The number of hydrogen-bond donors (Lipinski definition) is 1. The monoisotopic (exact) mass is 285 g/mol. The first-order chi connectivity index (χ1) is 10.2. The van der Waals surface area contributed by atoms with Crippen molar-refractivity contribution in [2.24, 2.45) is 0 Å². The van der Waals surface area contributed by atoms with Gasteiger partial charge in [0.25, 0.3) is 0 Å². The molecule has 21 heavy (non-hydrogen) atoms. The molecule has 0 aliphatic carbocycles. The highest BCUT2D eigenvalue weighted by molar-refractivity contribution is 5.41. The van der Waals surface area contributed by atoms with E-state index in [9.17, 15) is 0 Å². The van der Waals surface area contributed by atoms with Gasteiger partial charge in [0.15, 0.2) is 0 Å². The smallest absolute Gasteiger partial charge is 0.131 e. The fraction of sp³-hybridized carbons (Fsp3) is 0.333. The summed E-state index contributed by atoms with van der Waals surface area (Å²) < 4.78 is 11.2. The Morgan fingerprint density at radius 2 is 1.95 bits per heavy atom. The molecular weight excluding hydrogens is 262 g/mol. The first kappa shape index (κ1) is 15.5. The van der Waals surface area contributed by atoms with Crippen molar-refractivity contribution in [3.8, 4) is 11.5 Å². The molecule has 1 N–H and O–H groups in total. The number of aryl methyl sites for hydroxylation is 1. The van der Waals surface area contributed by atoms with Crippen LogP contribution in [0.3, 0.4) is 0 Å². The van der Waals surface area contributed by atoms with Crippen LogP contribution in [0.4, 0.5) is 0 Å². The van der Waals surface area contributed by atoms with Gasteiger partial charge >= 0.3 is 0 Å². The van der Waals surface area contributed by atoms with Crippen molar-refractivity contribution < 1.29 is 9.47 Å². The van der Waals surface area contributed by atoms with Gasteiger partial charge in [-0.3, -0.25) is 0 Å². The predicted octanol–water partition coefficient (Wildman–Crippen LogP) is 4.04. The van der Waals surface area contributed by atoms with E-state index in [4.69, 9.17) is 9.47 Å². The molecule has 0 saturated carbocycles. The minimum Gasteiger partial charge on any atom is -0.457 e. The van der Waals surface area contributed by atoms with Crippen LogP contribution < -0.4 is 10.1 Å². The van der Waals surface area contributed by atoms with Gasteiger partial charge in [0.2, 0.25) is 0 Å². The van der Waals surface area contributed by atoms with Gasteiger partial charge in [-0.1, -0.05) is 36.8 Å². The molecule has 112 valence electrons. The Kier molecular flexibility index (Phi) is 5.78. The van der Waals surface area contributed by atoms with Crippen molar-refractivity contribution in [2.45, 2.75) is 27.0 Å². The molecule has 0 aliphatic heterocycles. The average molecular weight is 285 g/mol. The van der Waals surface area contributed by atoms with Gasteiger partial charge in [-0.25, -0.2) is 0 Å². The molecule has 0 amide bonds. The maximum absolute atomic E-state index is 6.05. The summed E-state index contributed by atoms with van der Waals surface area (Å²) >= 11 is 0. The van der Waals surface area contributed by atoms with Gasteiger partial charge in [-0.15, -0.1) is 0 Å². The first-order valence-corrected chi connectivity index (χ1v) is 7.29. The lowest BCUT2D eigenvalue weighted by Crippen LogP contribution is -2.12. The van der Waals surface area contributed by atoms with Crippen LogP contribution in [-0.2, 0) is 17.9 Å². The Labute approximate surface area is 126 Å². The molecule has 0 saturated heterocycles. The highest BCUT2D eigenvalue weighted by atomic mass is 16.5. The number of benzene rings is 2. The lowest BCUT2D eigenvalue weighted by Gasteiger charge is -2.13. The zero-order valence-corrected chi connectivity index (χ0v) is 13.0. The number of nitrogens with one attached hydrogen (secondary N) is 1. The summed E-state index contributed by atoms with van der Waals surface area (Å²) in [7, 11) is 1.70. The van der Waals surface area contributed by atoms with Crippen molar-refractivity contribution in [1.29, 1.82) is 0 Å². The Balaban J connectivity index is 2.20. The van der Waals surface area contributed by atoms with Crippen molar-refractivity contribution in [3.63, 3.8) is 0 Å². The topological polar surface area (TPSA) is 30.5 Å². The number of hydrogen-bond acceptors (Lipinski definition) is 3. The molecule has 0 aromatic heterocycles. The molecular formula is C18H23NO2. The van der Waals surface area contributed by atoms with Crippen LogP contribution in [0.5, 0.6) is 11.5 Å². The molecule has 0 heterocycles. The number of rotatable bonds is 7. The summed E-state index contributed by atoms with van der Waals surface area (Å²) in [6, 6.07) is 14.3. The largest absolute Gasteiger partial charge is 0.457 e. The standard InChI is InChI=1S/C18H23NO2/c1-4-19-12-16-10-14(2)8-9-18(16)21-17-7-5-6-15(11-17)13-20-3/h5-11,19H,4,12-13H2,1-3H3. The molecule has 0 bridgehead atoms. The van der Waals surface area contributed by atoms with Crippen LogP contribution >= 0.6 is 0 Å². The Morgan fingerprint density at radius 3 is 2.71 bits per heavy atom. The molecule has 3 heteroatoms. The quantitative estimate of drug-likeness (QED) is 0.832. The van der Waals surface area contributed by atoms with Crippen molar-refractivity contribution >= 4 is 0 Å². The fourth-order valence-corrected chi connectivity index (χ4v) is 2.20. The summed E-state index contributed by atoms with van der Waals surface area (Å²) in [5.74, 6) is 1.74. The van der Waals surface area contributed by atoms with Crippen LogP contribution in [-0.4, -0.2) is 13.7 Å². The van der Waals surface area contributed by atoms with E-state index in [-0.39, 0.29) is 0 Å². The van der Waals surface area contributed by atoms with Gasteiger partial charge in [0.1, 0.15) is 11.5 Å². The average Bonchev–Trinajstić information content (AvgIpc) is 2.48. The van der Waals surface area contributed by atoms with E-state index in [0.717, 1.165) is 30.2 Å². The third-order valence-corrected chi connectivity index (χ3v) is 3.22. The van der Waals surface area contributed by atoms with Crippen molar-refractivity contribution in [3.05, 3.63) is 59.2 Å². The van der Waals surface area contributed by atoms with Crippen molar-refractivity contribution in [1.82, 2.24) is 5.32 Å². The van der Waals surface area contributed by atoms with Crippen LogP contribution in [0, 0.1) is 6.92 Å². The minimum atomic E-state index is 0.593. The summed E-state index contributed by atoms with van der Waals surface area (Å²) in [6.45, 7) is 6.54. The molecule has 0 unspecified atom stereocenters. The molecule has 3 nitrogen and oxygen atoms in total. The van der Waals surface area contributed by atoms with E-state index < -0.39 is 0 Å². The van der Waals surface area contributed by atoms with Crippen LogP contribution in [0.2, 0.25) is 0 Å². The van der Waals surface area contributed by atoms with E-state index in [1.807, 2.05) is 30.3 Å². The van der Waals surface area contributed by atoms with Gasteiger partial charge in [-0.2, -0.15) is 0 Å². The summed E-state index contributed by atoms with van der Waals surface area (Å²) in [5, 5.41) is 3.35. The Morgan fingerprint density at radius 1 is 1.10 bits per heavy atom. The lowest BCUT2D eigenvalue weighted by atomic mass is 10.1. The molecule has 2 rings (SSSR count). The molecule has 0 radical (unpaired) electrons. The maximum Gasteiger partial charge on any atom is 0.131 e. The molecule has 0 spiro atoms. The molecule has 2 aromatic carbocycles. The van der Waals surface area contributed by atoms with Gasteiger partial charge in [0.05, 0.1) is 6.61 Å². The SMILES string of the molecule is CCNCc1cc(C)ccc1Oc1cccc(COC)c1. The Hall–Kier alpha value is -1.84. The van der Waals surface area contributed by atoms with E-state index in [1.165, 1.54) is 11.1 Å². The lowest BCUT2D eigenvalue weighted by molar-refractivity contribution is 0.184. The van der Waals surface area contributed by atoms with E-state index in [1.54, 1.807) is 7.11 Å². The number of ether oxygens (including phenoxy) is 2. The Bertz CT molecular complexity index is 581. The van der Waals surface area contributed by atoms with Crippen LogP contribution in [0.1, 0.15) is 23.6 Å². The molecule has 0 fully saturated rings. The van der Waals surface area contributed by atoms with Crippen LogP contribution in [0.25, 0.3) is 0 Å². The molecule has 0 atom stereocenters. The van der Waals surface area contributed by atoms with E-state index in [0.29, 0.717) is 6.61 Å². The first-order valence-electron chi connectivity index (χ1n) is 7.29. The summed E-state index contributed by atoms with van der Waals surface area (Å²) in [6.07, 6.45) is 0. The molecule has 0 aliphatic rings. The maximum atomic E-state index is 6.05. The van der Waals surface area contributed by atoms with E-state index in [2.05, 4.69) is 31.3 Å². The second kappa shape index (κ2) is 7.81. The second-order valence-electron chi connectivity index (χ2n) is 5.07. The summed E-state index contributed by atoms with van der Waals surface area (Å²) in [4.78, 5) is 0. The fourth-order valence-electron chi connectivity index (χ4n) is 2.20. The van der Waals surface area contributed by atoms with Gasteiger partial charge in [0, 0.05) is 19.2 Å². The third-order valence-electron chi connectivity index (χ3n) is 3.22. The van der Waals surface area contributed by atoms with Gasteiger partial charge in [-0.05, 0) is 37.2 Å². The van der Waals surface area contributed by atoms with Crippen LogP contribution in [0.15, 0.2) is 42.5 Å². The highest BCUT2D eigenvalue weighted by Crippen LogP contribution is 2.27. The third kappa shape index (κ3) is 4.59. The second-order valence-corrected chi connectivity index (χ2v) is 5.07.